The number of carbonyl (C=O) groups is 2. The highest BCUT2D eigenvalue weighted by molar-refractivity contribution is 7.92. The average molecular weight is 516 g/mol. The Morgan fingerprint density at radius 1 is 1.15 bits per heavy atom. The molecule has 1 atom stereocenters. The van der Waals surface area contributed by atoms with E-state index in [0.29, 0.717) is 22.9 Å². The number of carbonyl (C=O) groups excluding carboxylic acids is 2. The fourth-order valence-corrected chi connectivity index (χ4v) is 4.57. The Balaban J connectivity index is 2.42. The third-order valence-corrected chi connectivity index (χ3v) is 6.53. The third-order valence-electron chi connectivity index (χ3n) is 4.86. The van der Waals surface area contributed by atoms with Crippen molar-refractivity contribution in [2.45, 2.75) is 26.4 Å². The summed E-state index contributed by atoms with van der Waals surface area (Å²) in [6.45, 7) is 3.27. The quantitative estimate of drug-likeness (QED) is 0.523. The summed E-state index contributed by atoms with van der Waals surface area (Å²) in [7, 11) is -2.36. The van der Waals surface area contributed by atoms with Gasteiger partial charge in [0.15, 0.2) is 0 Å². The molecule has 0 aliphatic heterocycles. The fourth-order valence-electron chi connectivity index (χ4n) is 3.15. The smallest absolute Gasteiger partial charge is 0.244 e. The molecule has 2 rings (SSSR count). The van der Waals surface area contributed by atoms with Gasteiger partial charge in [0.1, 0.15) is 18.3 Å². The Morgan fingerprint density at radius 3 is 2.42 bits per heavy atom. The molecule has 2 aromatic rings. The van der Waals surface area contributed by atoms with Crippen LogP contribution in [-0.2, 0) is 26.2 Å². The molecule has 0 saturated heterocycles. The summed E-state index contributed by atoms with van der Waals surface area (Å²) in [5.41, 5.74) is 0.832. The topological polar surface area (TPSA) is 96.0 Å². The Hall–Kier alpha value is -2.49. The SMILES string of the molecule is CCNC(=O)C(C)N(Cc1cccc(OC)c1)C(=O)CN(c1ccc(Cl)cc1Cl)S(C)(=O)=O. The van der Waals surface area contributed by atoms with Crippen molar-refractivity contribution < 1.29 is 22.7 Å². The van der Waals surface area contributed by atoms with Crippen LogP contribution in [0.15, 0.2) is 42.5 Å². The number of anilines is 1. The van der Waals surface area contributed by atoms with Gasteiger partial charge in [0.05, 0.1) is 24.1 Å². The summed E-state index contributed by atoms with van der Waals surface area (Å²) in [6, 6.07) is 10.5. The molecule has 0 fully saturated rings. The zero-order chi connectivity index (χ0) is 24.8. The summed E-state index contributed by atoms with van der Waals surface area (Å²) < 4.78 is 31.2. The van der Waals surface area contributed by atoms with Crippen molar-refractivity contribution in [1.29, 1.82) is 0 Å². The Kier molecular flexibility index (Phi) is 9.39. The van der Waals surface area contributed by atoms with Crippen molar-refractivity contribution in [2.24, 2.45) is 0 Å². The van der Waals surface area contributed by atoms with Crippen molar-refractivity contribution >= 4 is 50.7 Å². The molecule has 11 heteroatoms. The number of nitrogens with one attached hydrogen (secondary N) is 1. The van der Waals surface area contributed by atoms with Crippen LogP contribution in [0.2, 0.25) is 10.0 Å². The molecule has 0 aliphatic rings. The van der Waals surface area contributed by atoms with E-state index in [9.17, 15) is 18.0 Å². The van der Waals surface area contributed by atoms with Crippen LogP contribution >= 0.6 is 23.2 Å². The molecule has 2 aromatic carbocycles. The number of sulfonamides is 1. The number of hydrogen-bond donors (Lipinski definition) is 1. The zero-order valence-corrected chi connectivity index (χ0v) is 21.2. The first-order chi connectivity index (χ1) is 15.5. The minimum atomic E-state index is -3.88. The van der Waals surface area contributed by atoms with E-state index in [0.717, 1.165) is 10.6 Å². The monoisotopic (exact) mass is 515 g/mol. The van der Waals surface area contributed by atoms with Gasteiger partial charge in [-0.05, 0) is 49.7 Å². The molecule has 0 aromatic heterocycles. The first-order valence-electron chi connectivity index (χ1n) is 10.1. The minimum absolute atomic E-state index is 0.0697. The van der Waals surface area contributed by atoms with Gasteiger partial charge in [-0.3, -0.25) is 13.9 Å². The summed E-state index contributed by atoms with van der Waals surface area (Å²) in [5, 5.41) is 3.10. The van der Waals surface area contributed by atoms with E-state index in [1.54, 1.807) is 38.1 Å². The van der Waals surface area contributed by atoms with Crippen LogP contribution in [-0.4, -0.2) is 57.6 Å². The van der Waals surface area contributed by atoms with Gasteiger partial charge >= 0.3 is 0 Å². The van der Waals surface area contributed by atoms with E-state index < -0.39 is 28.5 Å². The van der Waals surface area contributed by atoms with Gasteiger partial charge in [-0.15, -0.1) is 0 Å². The number of benzene rings is 2. The van der Waals surface area contributed by atoms with Crippen molar-refractivity contribution in [3.63, 3.8) is 0 Å². The standard InChI is InChI=1S/C22H27Cl2N3O5S/c1-5-25-22(29)15(2)26(13-16-7-6-8-18(11-16)32-3)21(28)14-27(33(4,30)31)20-10-9-17(23)12-19(20)24/h6-12,15H,5,13-14H2,1-4H3,(H,25,29). The molecule has 0 aliphatic carbocycles. The Labute approximate surface area is 204 Å². The Morgan fingerprint density at radius 2 is 1.85 bits per heavy atom. The number of nitrogens with zero attached hydrogens (tertiary/aromatic N) is 2. The van der Waals surface area contributed by atoms with Crippen LogP contribution in [0.3, 0.4) is 0 Å². The molecule has 2 amide bonds. The van der Waals surface area contributed by atoms with E-state index in [-0.39, 0.29) is 23.2 Å². The lowest BCUT2D eigenvalue weighted by atomic mass is 10.1. The lowest BCUT2D eigenvalue weighted by molar-refractivity contribution is -0.139. The number of amides is 2. The molecule has 33 heavy (non-hydrogen) atoms. The van der Waals surface area contributed by atoms with Gasteiger partial charge in [-0.2, -0.15) is 0 Å². The minimum Gasteiger partial charge on any atom is -0.497 e. The van der Waals surface area contributed by atoms with Gasteiger partial charge < -0.3 is 15.0 Å². The highest BCUT2D eigenvalue weighted by Crippen LogP contribution is 2.30. The fraction of sp³-hybridized carbons (Fsp3) is 0.364. The lowest BCUT2D eigenvalue weighted by Crippen LogP contribution is -2.51. The second-order valence-electron chi connectivity index (χ2n) is 7.31. The number of ether oxygens (including phenoxy) is 1. The number of halogens is 2. The largest absolute Gasteiger partial charge is 0.497 e. The van der Waals surface area contributed by atoms with Crippen LogP contribution in [0.25, 0.3) is 0 Å². The van der Waals surface area contributed by atoms with E-state index >= 15 is 0 Å². The van der Waals surface area contributed by atoms with Gasteiger partial charge in [0.25, 0.3) is 0 Å². The number of methoxy groups -OCH3 is 1. The molecule has 0 radical (unpaired) electrons. The molecule has 0 spiro atoms. The van der Waals surface area contributed by atoms with Crippen molar-refractivity contribution in [2.75, 3.05) is 30.8 Å². The van der Waals surface area contributed by atoms with Crippen LogP contribution in [0.4, 0.5) is 5.69 Å². The summed E-state index contributed by atoms with van der Waals surface area (Å²) in [4.78, 5) is 27.3. The van der Waals surface area contributed by atoms with E-state index in [1.807, 2.05) is 0 Å². The van der Waals surface area contributed by atoms with Crippen LogP contribution in [0.1, 0.15) is 19.4 Å². The molecule has 0 bridgehead atoms. The molecule has 1 unspecified atom stereocenters. The molecule has 0 saturated carbocycles. The van der Waals surface area contributed by atoms with Crippen LogP contribution < -0.4 is 14.4 Å². The van der Waals surface area contributed by atoms with Gasteiger partial charge in [0, 0.05) is 18.1 Å². The molecule has 1 N–H and O–H groups in total. The first kappa shape index (κ1) is 26.8. The molecule has 180 valence electrons. The number of rotatable bonds is 10. The van der Waals surface area contributed by atoms with Crippen molar-refractivity contribution in [3.8, 4) is 5.75 Å². The van der Waals surface area contributed by atoms with Crippen LogP contribution in [0, 0.1) is 0 Å². The molecule has 8 nitrogen and oxygen atoms in total. The highest BCUT2D eigenvalue weighted by Gasteiger charge is 2.30. The number of likely N-dealkylation sites (N-methyl/N-ethyl adjacent to an activating group) is 1. The second kappa shape index (κ2) is 11.6. The van der Waals surface area contributed by atoms with E-state index in [4.69, 9.17) is 27.9 Å². The summed E-state index contributed by atoms with van der Waals surface area (Å²) >= 11 is 12.1. The summed E-state index contributed by atoms with van der Waals surface area (Å²) in [6.07, 6.45) is 0.977. The maximum absolute atomic E-state index is 13.4. The van der Waals surface area contributed by atoms with Crippen molar-refractivity contribution in [1.82, 2.24) is 10.2 Å². The van der Waals surface area contributed by atoms with E-state index in [1.165, 1.54) is 30.2 Å². The normalized spacial score (nSPS) is 12.1. The summed E-state index contributed by atoms with van der Waals surface area (Å²) in [5.74, 6) is -0.339. The maximum Gasteiger partial charge on any atom is 0.244 e. The molecule has 0 heterocycles. The van der Waals surface area contributed by atoms with Crippen molar-refractivity contribution in [3.05, 3.63) is 58.1 Å². The maximum atomic E-state index is 13.4. The van der Waals surface area contributed by atoms with Gasteiger partial charge in [-0.1, -0.05) is 35.3 Å². The Bertz CT molecular complexity index is 1110. The predicted molar refractivity (Wildman–Crippen MR) is 130 cm³/mol. The molecular formula is C22H27Cl2N3O5S. The van der Waals surface area contributed by atoms with Gasteiger partial charge in [-0.25, -0.2) is 8.42 Å². The number of hydrogen-bond acceptors (Lipinski definition) is 5. The average Bonchev–Trinajstić information content (AvgIpc) is 2.75. The molecular weight excluding hydrogens is 489 g/mol. The van der Waals surface area contributed by atoms with Gasteiger partial charge in [0.2, 0.25) is 21.8 Å². The highest BCUT2D eigenvalue weighted by atomic mass is 35.5. The zero-order valence-electron chi connectivity index (χ0n) is 18.8. The predicted octanol–water partition coefficient (Wildman–Crippen LogP) is 3.32. The lowest BCUT2D eigenvalue weighted by Gasteiger charge is -2.31. The second-order valence-corrected chi connectivity index (χ2v) is 10.1. The first-order valence-corrected chi connectivity index (χ1v) is 12.7. The third kappa shape index (κ3) is 7.25. The van der Waals surface area contributed by atoms with E-state index in [2.05, 4.69) is 5.32 Å². The van der Waals surface area contributed by atoms with Crippen LogP contribution in [0.5, 0.6) is 5.75 Å².